The van der Waals surface area contributed by atoms with Crippen LogP contribution in [0.15, 0.2) is 30.5 Å². The number of hydrogen-bond donors (Lipinski definition) is 1. The van der Waals surface area contributed by atoms with E-state index in [0.717, 1.165) is 23.3 Å². The topological polar surface area (TPSA) is 102 Å². The highest BCUT2D eigenvalue weighted by Crippen LogP contribution is 2.38. The summed E-state index contributed by atoms with van der Waals surface area (Å²) in [6.45, 7) is 0.455. The molecule has 0 saturated carbocycles. The van der Waals surface area contributed by atoms with E-state index >= 15 is 0 Å². The van der Waals surface area contributed by atoms with Crippen LogP contribution < -0.4 is 10.5 Å². The lowest BCUT2D eigenvalue weighted by Gasteiger charge is -2.27. The van der Waals surface area contributed by atoms with Crippen molar-refractivity contribution in [3.63, 3.8) is 0 Å². The first kappa shape index (κ1) is 18.6. The molecule has 1 aromatic heterocycles. The lowest BCUT2D eigenvalue weighted by Crippen LogP contribution is -2.39. The van der Waals surface area contributed by atoms with E-state index in [2.05, 4.69) is 9.97 Å². The molecule has 8 nitrogen and oxygen atoms in total. The number of aromatic nitrogens is 2. The Morgan fingerprint density at radius 1 is 1.27 bits per heavy atom. The summed E-state index contributed by atoms with van der Waals surface area (Å²) in [4.78, 5) is 8.52. The molecule has 2 N–H and O–H groups in total. The number of anilines is 1. The van der Waals surface area contributed by atoms with Crippen LogP contribution >= 0.6 is 0 Å². The first-order valence-electron chi connectivity index (χ1n) is 8.30. The largest absolute Gasteiger partial charge is 0.497 e. The van der Waals surface area contributed by atoms with Crippen molar-refractivity contribution >= 4 is 16.2 Å². The van der Waals surface area contributed by atoms with E-state index in [1.54, 1.807) is 13.3 Å². The minimum Gasteiger partial charge on any atom is -0.497 e. The maximum Gasteiger partial charge on any atom is 0.282 e. The molecule has 1 aromatic carbocycles. The summed E-state index contributed by atoms with van der Waals surface area (Å²) in [7, 11) is 1.12. The molecule has 0 bridgehead atoms. The molecule has 0 unspecified atom stereocenters. The Morgan fingerprint density at radius 2 is 1.96 bits per heavy atom. The van der Waals surface area contributed by atoms with Gasteiger partial charge in [0.2, 0.25) is 5.95 Å². The Hall–Kier alpha value is -2.23. The summed E-state index contributed by atoms with van der Waals surface area (Å²) >= 11 is 0. The molecular formula is C17H23N5O3S. The number of nitrogens with two attached hydrogens (primary N) is 1. The minimum absolute atomic E-state index is 0.131. The zero-order chi connectivity index (χ0) is 18.9. The molecule has 3 rings (SSSR count). The molecule has 2 heterocycles. The molecule has 1 aliphatic heterocycles. The highest BCUT2D eigenvalue weighted by Gasteiger charge is 2.38. The van der Waals surface area contributed by atoms with Crippen molar-refractivity contribution in [3.8, 4) is 16.9 Å². The van der Waals surface area contributed by atoms with Crippen LogP contribution in [0.5, 0.6) is 5.75 Å². The van der Waals surface area contributed by atoms with Gasteiger partial charge in [-0.05, 0) is 30.5 Å². The fraction of sp³-hybridized carbons (Fsp3) is 0.412. The first-order valence-corrected chi connectivity index (χ1v) is 9.70. The van der Waals surface area contributed by atoms with E-state index < -0.39 is 10.2 Å². The third-order valence-electron chi connectivity index (χ3n) is 4.52. The zero-order valence-electron chi connectivity index (χ0n) is 15.1. The van der Waals surface area contributed by atoms with Crippen LogP contribution in [-0.4, -0.2) is 54.7 Å². The van der Waals surface area contributed by atoms with Gasteiger partial charge in [0.1, 0.15) is 5.75 Å². The van der Waals surface area contributed by atoms with Gasteiger partial charge in [0.15, 0.2) is 0 Å². The summed E-state index contributed by atoms with van der Waals surface area (Å²) in [5, 5.41) is 0. The second kappa shape index (κ2) is 7.18. The highest BCUT2D eigenvalue weighted by atomic mass is 32.2. The second-order valence-electron chi connectivity index (χ2n) is 6.31. The van der Waals surface area contributed by atoms with Gasteiger partial charge in [0, 0.05) is 32.4 Å². The molecule has 140 valence electrons. The van der Waals surface area contributed by atoms with Crippen LogP contribution in [0, 0.1) is 0 Å². The Bertz CT molecular complexity index is 884. The molecule has 0 aliphatic carbocycles. The molecule has 9 heteroatoms. The summed E-state index contributed by atoms with van der Waals surface area (Å²) in [6, 6.07) is 7.12. The molecular weight excluding hydrogens is 354 g/mol. The van der Waals surface area contributed by atoms with Gasteiger partial charge >= 0.3 is 0 Å². The fourth-order valence-electron chi connectivity index (χ4n) is 3.16. The molecule has 26 heavy (non-hydrogen) atoms. The van der Waals surface area contributed by atoms with Crippen molar-refractivity contribution in [1.82, 2.24) is 18.6 Å². The number of nitrogen functional groups attached to an aromatic ring is 1. The number of hydrogen-bond acceptors (Lipinski definition) is 6. The lowest BCUT2D eigenvalue weighted by molar-refractivity contribution is 0.358. The molecule has 1 fully saturated rings. The van der Waals surface area contributed by atoms with E-state index in [4.69, 9.17) is 10.5 Å². The summed E-state index contributed by atoms with van der Waals surface area (Å²) < 4.78 is 33.3. The number of rotatable bonds is 5. The quantitative estimate of drug-likeness (QED) is 0.851. The zero-order valence-corrected chi connectivity index (χ0v) is 15.9. The predicted octanol–water partition coefficient (Wildman–Crippen LogP) is 1.68. The number of benzene rings is 1. The van der Waals surface area contributed by atoms with Crippen molar-refractivity contribution in [2.45, 2.75) is 18.9 Å². The number of nitrogens with zero attached hydrogens (tertiary/aromatic N) is 4. The normalized spacial score (nSPS) is 18.4. The minimum atomic E-state index is -3.55. The molecule has 0 spiro atoms. The molecule has 1 saturated heterocycles. The summed E-state index contributed by atoms with van der Waals surface area (Å²) in [5.74, 6) is 0.871. The van der Waals surface area contributed by atoms with Gasteiger partial charge in [0.05, 0.1) is 18.8 Å². The third-order valence-corrected chi connectivity index (χ3v) is 6.47. The Morgan fingerprint density at radius 3 is 2.58 bits per heavy atom. The monoisotopic (exact) mass is 377 g/mol. The van der Waals surface area contributed by atoms with Gasteiger partial charge in [-0.1, -0.05) is 12.1 Å². The van der Waals surface area contributed by atoms with E-state index in [0.29, 0.717) is 18.7 Å². The van der Waals surface area contributed by atoms with Gasteiger partial charge in [-0.3, -0.25) is 0 Å². The van der Waals surface area contributed by atoms with Crippen LogP contribution in [0.4, 0.5) is 5.95 Å². The van der Waals surface area contributed by atoms with Crippen LogP contribution in [0.1, 0.15) is 24.6 Å². The van der Waals surface area contributed by atoms with Crippen LogP contribution in [0.25, 0.3) is 11.1 Å². The van der Waals surface area contributed by atoms with Crippen molar-refractivity contribution in [1.29, 1.82) is 0 Å². The van der Waals surface area contributed by atoms with Crippen molar-refractivity contribution in [3.05, 3.63) is 36.2 Å². The van der Waals surface area contributed by atoms with Crippen molar-refractivity contribution in [2.75, 3.05) is 33.5 Å². The van der Waals surface area contributed by atoms with Gasteiger partial charge in [-0.2, -0.15) is 17.0 Å². The Balaban J connectivity index is 2.08. The number of methoxy groups -OCH3 is 1. The second-order valence-corrected chi connectivity index (χ2v) is 8.41. The van der Waals surface area contributed by atoms with Crippen LogP contribution in [0.3, 0.4) is 0 Å². The van der Waals surface area contributed by atoms with Crippen molar-refractivity contribution in [2.24, 2.45) is 0 Å². The SMILES string of the molecule is COc1ccc(-c2cnc(N)nc2[C@@H]2CCCN2S(=O)(=O)N(C)C)cc1. The average molecular weight is 377 g/mol. The van der Waals surface area contributed by atoms with E-state index in [9.17, 15) is 8.42 Å². The first-order chi connectivity index (χ1) is 12.3. The van der Waals surface area contributed by atoms with E-state index in [1.807, 2.05) is 24.3 Å². The van der Waals surface area contributed by atoms with Gasteiger partial charge in [-0.15, -0.1) is 0 Å². The molecule has 1 atom stereocenters. The molecule has 0 radical (unpaired) electrons. The van der Waals surface area contributed by atoms with Crippen LogP contribution in [0.2, 0.25) is 0 Å². The van der Waals surface area contributed by atoms with E-state index in [1.165, 1.54) is 22.7 Å². The van der Waals surface area contributed by atoms with Gasteiger partial charge in [0.25, 0.3) is 10.2 Å². The third kappa shape index (κ3) is 3.37. The smallest absolute Gasteiger partial charge is 0.282 e. The average Bonchev–Trinajstić information content (AvgIpc) is 3.12. The molecule has 2 aromatic rings. The van der Waals surface area contributed by atoms with Gasteiger partial charge in [-0.25, -0.2) is 9.97 Å². The maximum atomic E-state index is 12.7. The highest BCUT2D eigenvalue weighted by molar-refractivity contribution is 7.86. The molecule has 1 aliphatic rings. The molecule has 0 amide bonds. The Kier molecular flexibility index (Phi) is 5.12. The maximum absolute atomic E-state index is 12.7. The predicted molar refractivity (Wildman–Crippen MR) is 99.7 cm³/mol. The Labute approximate surface area is 153 Å². The fourth-order valence-corrected chi connectivity index (χ4v) is 4.46. The van der Waals surface area contributed by atoms with E-state index in [-0.39, 0.29) is 12.0 Å². The summed E-state index contributed by atoms with van der Waals surface area (Å²) in [5.41, 5.74) is 8.10. The van der Waals surface area contributed by atoms with Crippen LogP contribution in [-0.2, 0) is 10.2 Å². The van der Waals surface area contributed by atoms with Crippen molar-refractivity contribution < 1.29 is 13.2 Å². The summed E-state index contributed by atoms with van der Waals surface area (Å²) in [6.07, 6.45) is 3.11. The van der Waals surface area contributed by atoms with Gasteiger partial charge < -0.3 is 10.5 Å². The standard InChI is InChI=1S/C17H23N5O3S/c1-21(2)26(23,24)22-10-4-5-15(22)16-14(11-19-17(18)20-16)12-6-8-13(25-3)9-7-12/h6-9,11,15H,4-5,10H2,1-3H3,(H2,18,19,20)/t15-/m0/s1. The number of ether oxygens (including phenoxy) is 1. The lowest BCUT2D eigenvalue weighted by atomic mass is 10.0.